The lowest BCUT2D eigenvalue weighted by molar-refractivity contribution is 0.745. The van der Waals surface area contributed by atoms with Crippen LogP contribution >= 0.6 is 11.8 Å². The molecule has 0 aromatic carbocycles. The Bertz CT molecular complexity index is 319. The quantitative estimate of drug-likeness (QED) is 0.561. The summed E-state index contributed by atoms with van der Waals surface area (Å²) in [5.41, 5.74) is -0.0713. The van der Waals surface area contributed by atoms with Gasteiger partial charge in [0.1, 0.15) is 10.9 Å². The second-order valence-electron chi connectivity index (χ2n) is 2.83. The van der Waals surface area contributed by atoms with Crippen LogP contribution in [0, 0.1) is 0 Å². The number of hydrogen-bond donors (Lipinski definition) is 1. The van der Waals surface area contributed by atoms with Gasteiger partial charge in [-0.25, -0.2) is 4.98 Å². The molecule has 0 spiro atoms. The molecule has 0 aliphatic carbocycles. The highest BCUT2D eigenvalue weighted by Gasteiger charge is 2.03. The summed E-state index contributed by atoms with van der Waals surface area (Å²) in [5, 5.41) is 0.780. The van der Waals surface area contributed by atoms with Crippen molar-refractivity contribution in [3.63, 3.8) is 0 Å². The lowest BCUT2D eigenvalue weighted by Gasteiger charge is -2.04. The van der Waals surface area contributed by atoms with Gasteiger partial charge in [-0.15, -0.1) is 11.8 Å². The minimum absolute atomic E-state index is 0.0713. The van der Waals surface area contributed by atoms with Gasteiger partial charge < -0.3 is 4.98 Å². The van der Waals surface area contributed by atoms with Gasteiger partial charge >= 0.3 is 0 Å². The molecule has 0 radical (unpaired) electrons. The Balaban J connectivity index is 3.15. The van der Waals surface area contributed by atoms with Crippen molar-refractivity contribution in [1.82, 2.24) is 9.97 Å². The number of H-pyrrole nitrogens is 1. The zero-order chi connectivity index (χ0) is 9.14. The van der Waals surface area contributed by atoms with Crippen LogP contribution in [0.2, 0.25) is 0 Å². The zero-order valence-corrected chi connectivity index (χ0v) is 8.23. The Morgan fingerprint density at radius 1 is 1.58 bits per heavy atom. The zero-order valence-electron chi connectivity index (χ0n) is 7.42. The first-order valence-electron chi connectivity index (χ1n) is 3.78. The summed E-state index contributed by atoms with van der Waals surface area (Å²) in [7, 11) is 0. The van der Waals surface area contributed by atoms with Crippen molar-refractivity contribution < 1.29 is 0 Å². The van der Waals surface area contributed by atoms with Gasteiger partial charge in [-0.2, -0.15) is 0 Å². The molecule has 0 aliphatic rings. The van der Waals surface area contributed by atoms with E-state index in [2.05, 4.69) is 9.97 Å². The first-order chi connectivity index (χ1) is 5.63. The first-order valence-corrected chi connectivity index (χ1v) is 5.01. The lowest BCUT2D eigenvalue weighted by Crippen LogP contribution is -2.11. The maximum Gasteiger partial charge on any atom is 0.251 e. The minimum atomic E-state index is -0.0713. The van der Waals surface area contributed by atoms with Crippen LogP contribution in [0.4, 0.5) is 0 Å². The fourth-order valence-corrected chi connectivity index (χ4v) is 1.25. The summed E-state index contributed by atoms with van der Waals surface area (Å²) in [4.78, 5) is 18.0. The third-order valence-electron chi connectivity index (χ3n) is 1.49. The standard InChI is InChI=1S/C8H12N2OS/c1-5(2)8-9-6(11)4-7(10-8)12-3/h4-5H,1-3H3,(H,9,10,11). The van der Waals surface area contributed by atoms with Gasteiger partial charge in [0.25, 0.3) is 5.56 Å². The van der Waals surface area contributed by atoms with E-state index in [9.17, 15) is 4.79 Å². The molecule has 0 saturated carbocycles. The van der Waals surface area contributed by atoms with E-state index in [1.807, 2.05) is 20.1 Å². The van der Waals surface area contributed by atoms with Crippen molar-refractivity contribution in [2.75, 3.05) is 6.26 Å². The van der Waals surface area contributed by atoms with Gasteiger partial charge in [0.15, 0.2) is 0 Å². The monoisotopic (exact) mass is 184 g/mol. The number of nitrogens with one attached hydrogen (secondary N) is 1. The molecule has 1 rings (SSSR count). The number of nitrogens with zero attached hydrogens (tertiary/aromatic N) is 1. The highest BCUT2D eigenvalue weighted by atomic mass is 32.2. The first kappa shape index (κ1) is 9.32. The lowest BCUT2D eigenvalue weighted by atomic mass is 10.2. The van der Waals surface area contributed by atoms with Crippen LogP contribution in [0.15, 0.2) is 15.9 Å². The topological polar surface area (TPSA) is 45.8 Å². The molecule has 12 heavy (non-hydrogen) atoms. The maximum absolute atomic E-state index is 11.1. The third-order valence-corrected chi connectivity index (χ3v) is 2.12. The molecule has 0 bridgehead atoms. The van der Waals surface area contributed by atoms with Crippen LogP contribution in [0.5, 0.6) is 0 Å². The van der Waals surface area contributed by atoms with Gasteiger partial charge in [0, 0.05) is 12.0 Å². The third kappa shape index (κ3) is 2.11. The van der Waals surface area contributed by atoms with Crippen LogP contribution in [0.1, 0.15) is 25.6 Å². The average Bonchev–Trinajstić information content (AvgIpc) is 2.03. The SMILES string of the molecule is CSc1cc(=O)[nH]c(C(C)C)n1. The normalized spacial score (nSPS) is 10.7. The molecular weight excluding hydrogens is 172 g/mol. The van der Waals surface area contributed by atoms with Crippen LogP contribution < -0.4 is 5.56 Å². The molecule has 1 aromatic rings. The number of aromatic nitrogens is 2. The van der Waals surface area contributed by atoms with Gasteiger partial charge in [0.2, 0.25) is 0 Å². The molecule has 0 amide bonds. The van der Waals surface area contributed by atoms with Gasteiger partial charge in [-0.1, -0.05) is 13.8 Å². The summed E-state index contributed by atoms with van der Waals surface area (Å²) in [6.45, 7) is 4.00. The summed E-state index contributed by atoms with van der Waals surface area (Å²) >= 11 is 1.48. The molecular formula is C8H12N2OS. The van der Waals surface area contributed by atoms with Crippen LogP contribution in [-0.2, 0) is 0 Å². The molecule has 1 N–H and O–H groups in total. The van der Waals surface area contributed by atoms with Crippen molar-refractivity contribution in [2.45, 2.75) is 24.8 Å². The molecule has 1 aromatic heterocycles. The molecule has 1 heterocycles. The van der Waals surface area contributed by atoms with Crippen molar-refractivity contribution >= 4 is 11.8 Å². The van der Waals surface area contributed by atoms with E-state index < -0.39 is 0 Å². The Kier molecular flexibility index (Phi) is 2.92. The van der Waals surface area contributed by atoms with Crippen LogP contribution in [-0.4, -0.2) is 16.2 Å². The van der Waals surface area contributed by atoms with E-state index >= 15 is 0 Å². The Morgan fingerprint density at radius 3 is 2.75 bits per heavy atom. The van der Waals surface area contributed by atoms with Crippen molar-refractivity contribution in [2.24, 2.45) is 0 Å². The minimum Gasteiger partial charge on any atom is -0.310 e. The van der Waals surface area contributed by atoms with E-state index in [-0.39, 0.29) is 11.5 Å². The Labute approximate surface area is 75.6 Å². The predicted molar refractivity (Wildman–Crippen MR) is 50.7 cm³/mol. The number of hydrogen-bond acceptors (Lipinski definition) is 3. The summed E-state index contributed by atoms with van der Waals surface area (Å²) < 4.78 is 0. The second-order valence-corrected chi connectivity index (χ2v) is 3.65. The maximum atomic E-state index is 11.1. The van der Waals surface area contributed by atoms with Crippen molar-refractivity contribution in [3.8, 4) is 0 Å². The van der Waals surface area contributed by atoms with Gasteiger partial charge in [-0.05, 0) is 6.26 Å². The smallest absolute Gasteiger partial charge is 0.251 e. The van der Waals surface area contributed by atoms with E-state index in [4.69, 9.17) is 0 Å². The number of aromatic amines is 1. The summed E-state index contributed by atoms with van der Waals surface area (Å²) in [6.07, 6.45) is 1.91. The molecule has 0 aliphatic heterocycles. The average molecular weight is 184 g/mol. The predicted octanol–water partition coefficient (Wildman–Crippen LogP) is 1.62. The molecule has 0 saturated heterocycles. The van der Waals surface area contributed by atoms with Gasteiger partial charge in [0.05, 0.1) is 0 Å². The fraction of sp³-hybridized carbons (Fsp3) is 0.500. The molecule has 0 atom stereocenters. The Hall–Kier alpha value is -0.770. The van der Waals surface area contributed by atoms with E-state index in [0.29, 0.717) is 0 Å². The molecule has 3 nitrogen and oxygen atoms in total. The van der Waals surface area contributed by atoms with Gasteiger partial charge in [-0.3, -0.25) is 4.79 Å². The number of rotatable bonds is 2. The Morgan fingerprint density at radius 2 is 2.25 bits per heavy atom. The van der Waals surface area contributed by atoms with E-state index in [1.165, 1.54) is 17.8 Å². The van der Waals surface area contributed by atoms with Crippen LogP contribution in [0.25, 0.3) is 0 Å². The largest absolute Gasteiger partial charge is 0.310 e. The molecule has 4 heteroatoms. The van der Waals surface area contributed by atoms with Crippen molar-refractivity contribution in [1.29, 1.82) is 0 Å². The number of thioether (sulfide) groups is 1. The highest BCUT2D eigenvalue weighted by Crippen LogP contribution is 2.12. The van der Waals surface area contributed by atoms with E-state index in [0.717, 1.165) is 10.9 Å². The van der Waals surface area contributed by atoms with Crippen molar-refractivity contribution in [3.05, 3.63) is 22.2 Å². The molecule has 66 valence electrons. The van der Waals surface area contributed by atoms with Crippen LogP contribution in [0.3, 0.4) is 0 Å². The summed E-state index contributed by atoms with van der Waals surface area (Å²) in [5.74, 6) is 1.02. The summed E-state index contributed by atoms with van der Waals surface area (Å²) in [6, 6.07) is 1.51. The molecule has 0 fully saturated rings. The second kappa shape index (κ2) is 3.76. The highest BCUT2D eigenvalue weighted by molar-refractivity contribution is 7.98. The molecule has 0 unspecified atom stereocenters. The fourth-order valence-electron chi connectivity index (χ4n) is 0.831. The van der Waals surface area contributed by atoms with E-state index in [1.54, 1.807) is 0 Å².